The van der Waals surface area contributed by atoms with Crippen LogP contribution in [0, 0.1) is 0 Å². The van der Waals surface area contributed by atoms with Gasteiger partial charge in [0.05, 0.1) is 0 Å². The fraction of sp³-hybridized carbons (Fsp3) is 0.667. The summed E-state index contributed by atoms with van der Waals surface area (Å²) in [5, 5.41) is 0. The highest BCUT2D eigenvalue weighted by Gasteiger charge is 2.37. The summed E-state index contributed by atoms with van der Waals surface area (Å²) in [5.41, 5.74) is 2.25. The zero-order valence-electron chi connectivity index (χ0n) is 10.3. The Labute approximate surface area is 102 Å². The van der Waals surface area contributed by atoms with E-state index in [2.05, 4.69) is 15.4 Å². The Kier molecular flexibility index (Phi) is 3.91. The van der Waals surface area contributed by atoms with Crippen molar-refractivity contribution in [2.45, 2.75) is 44.6 Å². The maximum atomic E-state index is 5.96. The van der Waals surface area contributed by atoms with Crippen LogP contribution in [0.15, 0.2) is 12.3 Å². The summed E-state index contributed by atoms with van der Waals surface area (Å²) >= 11 is 0. The van der Waals surface area contributed by atoms with Crippen molar-refractivity contribution in [2.75, 3.05) is 12.0 Å². The van der Waals surface area contributed by atoms with Crippen molar-refractivity contribution in [3.05, 3.63) is 18.1 Å². The Morgan fingerprint density at radius 1 is 1.41 bits per heavy atom. The number of nitrogens with one attached hydrogen (secondary N) is 1. The van der Waals surface area contributed by atoms with Crippen LogP contribution < -0.4 is 11.3 Å². The third-order valence-electron chi connectivity index (χ3n) is 3.29. The molecule has 3 N–H and O–H groups in total. The largest absolute Gasteiger partial charge is 0.367 e. The predicted molar refractivity (Wildman–Crippen MR) is 66.2 cm³/mol. The van der Waals surface area contributed by atoms with E-state index in [-0.39, 0.29) is 5.60 Å². The first kappa shape index (κ1) is 12.3. The molecule has 1 saturated carbocycles. The molecule has 0 saturated heterocycles. The molecule has 0 spiro atoms. The van der Waals surface area contributed by atoms with Crippen LogP contribution in [0.4, 0.5) is 5.82 Å². The minimum absolute atomic E-state index is 0.306. The van der Waals surface area contributed by atoms with E-state index in [1.165, 1.54) is 19.3 Å². The molecule has 0 aliphatic heterocycles. The number of hydrazine groups is 1. The summed E-state index contributed by atoms with van der Waals surface area (Å²) in [6.45, 7) is 2.70. The number of anilines is 1. The van der Waals surface area contributed by atoms with Crippen LogP contribution in [0.2, 0.25) is 0 Å². The monoisotopic (exact) mass is 236 g/mol. The van der Waals surface area contributed by atoms with Crippen LogP contribution in [0.1, 0.15) is 44.9 Å². The Morgan fingerprint density at radius 3 is 2.82 bits per heavy atom. The fourth-order valence-corrected chi connectivity index (χ4v) is 2.49. The lowest BCUT2D eigenvalue weighted by Gasteiger charge is -2.35. The molecule has 1 fully saturated rings. The van der Waals surface area contributed by atoms with E-state index in [1.807, 2.05) is 6.92 Å². The third-order valence-corrected chi connectivity index (χ3v) is 3.29. The normalized spacial score (nSPS) is 18.9. The molecule has 0 atom stereocenters. The summed E-state index contributed by atoms with van der Waals surface area (Å²) in [5.74, 6) is 6.78. The summed E-state index contributed by atoms with van der Waals surface area (Å²) < 4.78 is 5.96. The van der Waals surface area contributed by atoms with E-state index < -0.39 is 0 Å². The number of nitrogens with two attached hydrogens (primary N) is 1. The van der Waals surface area contributed by atoms with Gasteiger partial charge < -0.3 is 10.2 Å². The zero-order chi connectivity index (χ0) is 12.1. The minimum Gasteiger partial charge on any atom is -0.367 e. The number of hydrogen-bond donors (Lipinski definition) is 2. The summed E-state index contributed by atoms with van der Waals surface area (Å²) in [6, 6.07) is 1.76. The molecule has 94 valence electrons. The van der Waals surface area contributed by atoms with Gasteiger partial charge in [-0.3, -0.25) is 0 Å². The van der Waals surface area contributed by atoms with Crippen molar-refractivity contribution < 1.29 is 4.74 Å². The van der Waals surface area contributed by atoms with Crippen molar-refractivity contribution in [2.24, 2.45) is 5.84 Å². The number of hydrogen-bond acceptors (Lipinski definition) is 5. The molecule has 0 aromatic carbocycles. The molecule has 0 amide bonds. The summed E-state index contributed by atoms with van der Waals surface area (Å²) in [7, 11) is 0. The average molecular weight is 236 g/mol. The molecule has 0 unspecified atom stereocenters. The van der Waals surface area contributed by atoms with Gasteiger partial charge in [0.1, 0.15) is 11.4 Å². The Balaban J connectivity index is 2.30. The molecule has 2 rings (SSSR count). The van der Waals surface area contributed by atoms with Gasteiger partial charge in [0.25, 0.3) is 0 Å². The van der Waals surface area contributed by atoms with Gasteiger partial charge in [0.15, 0.2) is 5.82 Å². The lowest BCUT2D eigenvalue weighted by atomic mass is 9.84. The molecule has 1 aromatic heterocycles. The topological polar surface area (TPSA) is 73.1 Å². The van der Waals surface area contributed by atoms with Crippen LogP contribution in [0.25, 0.3) is 0 Å². The summed E-state index contributed by atoms with van der Waals surface area (Å²) in [6.07, 6.45) is 7.33. The molecule has 0 radical (unpaired) electrons. The molecule has 0 bridgehead atoms. The molecule has 1 heterocycles. The number of ether oxygens (including phenoxy) is 1. The average Bonchev–Trinajstić information content (AvgIpc) is 2.40. The maximum absolute atomic E-state index is 5.96. The van der Waals surface area contributed by atoms with Crippen LogP contribution in [-0.4, -0.2) is 16.6 Å². The second-order valence-corrected chi connectivity index (χ2v) is 4.40. The van der Waals surface area contributed by atoms with Gasteiger partial charge in [-0.25, -0.2) is 15.8 Å². The summed E-state index contributed by atoms with van der Waals surface area (Å²) in [4.78, 5) is 8.80. The first-order chi connectivity index (χ1) is 8.30. The number of aromatic nitrogens is 2. The Morgan fingerprint density at radius 2 is 2.18 bits per heavy atom. The smallest absolute Gasteiger partial charge is 0.162 e. The van der Waals surface area contributed by atoms with E-state index in [4.69, 9.17) is 10.6 Å². The molecule has 17 heavy (non-hydrogen) atoms. The van der Waals surface area contributed by atoms with Gasteiger partial charge in [0, 0.05) is 18.9 Å². The van der Waals surface area contributed by atoms with E-state index in [9.17, 15) is 0 Å². The van der Waals surface area contributed by atoms with Crippen molar-refractivity contribution in [3.8, 4) is 0 Å². The molecule has 1 aliphatic carbocycles. The highest BCUT2D eigenvalue weighted by molar-refractivity contribution is 5.31. The van der Waals surface area contributed by atoms with Gasteiger partial charge in [-0.05, 0) is 19.8 Å². The van der Waals surface area contributed by atoms with E-state index >= 15 is 0 Å². The molecule has 1 aromatic rings. The van der Waals surface area contributed by atoms with Crippen LogP contribution >= 0.6 is 0 Å². The number of nitrogen functional groups attached to an aromatic ring is 1. The predicted octanol–water partition coefficient (Wildman–Crippen LogP) is 1.96. The van der Waals surface area contributed by atoms with Gasteiger partial charge >= 0.3 is 0 Å². The van der Waals surface area contributed by atoms with Gasteiger partial charge in [-0.2, -0.15) is 0 Å². The Bertz CT molecular complexity index is 358. The van der Waals surface area contributed by atoms with Crippen LogP contribution in [0.3, 0.4) is 0 Å². The van der Waals surface area contributed by atoms with E-state index in [0.29, 0.717) is 12.4 Å². The van der Waals surface area contributed by atoms with Crippen molar-refractivity contribution in [1.82, 2.24) is 9.97 Å². The highest BCUT2D eigenvalue weighted by atomic mass is 16.5. The third kappa shape index (κ3) is 2.56. The van der Waals surface area contributed by atoms with Gasteiger partial charge in [-0.15, -0.1) is 0 Å². The standard InChI is InChI=1S/C12H20N4O/c1-2-17-12(7-4-3-5-8-12)11-14-9-6-10(15-11)16-13/h6,9H,2-5,7-8,13H2,1H3,(H,14,15,16). The van der Waals surface area contributed by atoms with E-state index in [0.717, 1.165) is 18.7 Å². The molecule has 5 heteroatoms. The first-order valence-electron chi connectivity index (χ1n) is 6.25. The van der Waals surface area contributed by atoms with Crippen LogP contribution in [0.5, 0.6) is 0 Å². The quantitative estimate of drug-likeness (QED) is 0.617. The second-order valence-electron chi connectivity index (χ2n) is 4.40. The minimum atomic E-state index is -0.306. The molecule has 1 aliphatic rings. The van der Waals surface area contributed by atoms with Gasteiger partial charge in [0.2, 0.25) is 0 Å². The molecular weight excluding hydrogens is 216 g/mol. The fourth-order valence-electron chi connectivity index (χ4n) is 2.49. The van der Waals surface area contributed by atoms with Crippen molar-refractivity contribution >= 4 is 5.82 Å². The molecule has 5 nitrogen and oxygen atoms in total. The van der Waals surface area contributed by atoms with Crippen molar-refractivity contribution in [3.63, 3.8) is 0 Å². The van der Waals surface area contributed by atoms with E-state index in [1.54, 1.807) is 12.3 Å². The lowest BCUT2D eigenvalue weighted by Crippen LogP contribution is -2.34. The zero-order valence-corrected chi connectivity index (χ0v) is 10.3. The molecular formula is C12H20N4O. The number of rotatable bonds is 4. The first-order valence-corrected chi connectivity index (χ1v) is 6.25. The van der Waals surface area contributed by atoms with Crippen LogP contribution in [-0.2, 0) is 10.3 Å². The van der Waals surface area contributed by atoms with Crippen molar-refractivity contribution in [1.29, 1.82) is 0 Å². The van der Waals surface area contributed by atoms with Gasteiger partial charge in [-0.1, -0.05) is 19.3 Å². The lowest BCUT2D eigenvalue weighted by molar-refractivity contribution is -0.0766. The Hall–Kier alpha value is -1.20. The SMILES string of the molecule is CCOC1(c2nccc(NN)n2)CCCCC1. The second kappa shape index (κ2) is 5.42. The number of nitrogens with zero attached hydrogens (tertiary/aromatic N) is 2. The maximum Gasteiger partial charge on any atom is 0.162 e. The highest BCUT2D eigenvalue weighted by Crippen LogP contribution is 2.38.